The van der Waals surface area contributed by atoms with Crippen LogP contribution in [0, 0.1) is 5.92 Å². The first kappa shape index (κ1) is 19.1. The number of rotatable bonds is 8. The first-order valence-electron chi connectivity index (χ1n) is 9.28. The van der Waals surface area contributed by atoms with Crippen molar-refractivity contribution in [2.24, 2.45) is 5.92 Å². The van der Waals surface area contributed by atoms with Crippen molar-refractivity contribution in [2.75, 3.05) is 6.61 Å². The molecule has 0 aliphatic heterocycles. The molecule has 1 amide bonds. The van der Waals surface area contributed by atoms with E-state index in [9.17, 15) is 9.90 Å². The van der Waals surface area contributed by atoms with E-state index in [0.29, 0.717) is 35.7 Å². The topological polar surface area (TPSA) is 84.4 Å². The molecule has 7 nitrogen and oxygen atoms in total. The van der Waals surface area contributed by atoms with Crippen LogP contribution in [0.4, 0.5) is 0 Å². The standard InChI is InChI=1S/C20H26N4O3/c1-4-16(12-25)24(11-17-6-5-7-27-17)20(26)15-8-18-19(21-9-15)23(13-22-18)10-14(2)3/h5-9,13-14,16,25H,4,10-12H2,1-3H3. The predicted molar refractivity (Wildman–Crippen MR) is 102 cm³/mol. The van der Waals surface area contributed by atoms with E-state index >= 15 is 0 Å². The van der Waals surface area contributed by atoms with E-state index in [1.807, 2.05) is 17.6 Å². The Kier molecular flexibility index (Phi) is 5.91. The number of pyridine rings is 1. The number of amides is 1. The minimum atomic E-state index is -0.295. The van der Waals surface area contributed by atoms with Crippen LogP contribution in [0.3, 0.4) is 0 Å². The molecule has 0 saturated heterocycles. The highest BCUT2D eigenvalue weighted by molar-refractivity contribution is 5.96. The minimum Gasteiger partial charge on any atom is -0.467 e. The van der Waals surface area contributed by atoms with Crippen LogP contribution in [0.2, 0.25) is 0 Å². The van der Waals surface area contributed by atoms with Crippen molar-refractivity contribution in [3.05, 3.63) is 48.3 Å². The molecule has 1 atom stereocenters. The summed E-state index contributed by atoms with van der Waals surface area (Å²) in [7, 11) is 0. The molecule has 0 bridgehead atoms. The third kappa shape index (κ3) is 4.19. The molecule has 144 valence electrons. The third-order valence-corrected chi connectivity index (χ3v) is 4.55. The van der Waals surface area contributed by atoms with Crippen molar-refractivity contribution in [1.29, 1.82) is 0 Å². The molecular formula is C20H26N4O3. The fourth-order valence-electron chi connectivity index (χ4n) is 3.14. The van der Waals surface area contributed by atoms with Gasteiger partial charge in [-0.1, -0.05) is 20.8 Å². The van der Waals surface area contributed by atoms with Crippen LogP contribution in [0.1, 0.15) is 43.3 Å². The average Bonchev–Trinajstić information content (AvgIpc) is 3.30. The highest BCUT2D eigenvalue weighted by atomic mass is 16.3. The van der Waals surface area contributed by atoms with Gasteiger partial charge < -0.3 is 19.0 Å². The summed E-state index contributed by atoms with van der Waals surface area (Å²) >= 11 is 0. The number of hydrogen-bond acceptors (Lipinski definition) is 5. The lowest BCUT2D eigenvalue weighted by Crippen LogP contribution is -2.41. The Bertz CT molecular complexity index is 882. The smallest absolute Gasteiger partial charge is 0.256 e. The quantitative estimate of drug-likeness (QED) is 0.659. The number of hydrogen-bond donors (Lipinski definition) is 1. The van der Waals surface area contributed by atoms with E-state index in [2.05, 4.69) is 23.8 Å². The number of imidazole rings is 1. The van der Waals surface area contributed by atoms with Gasteiger partial charge in [0.25, 0.3) is 5.91 Å². The molecule has 7 heteroatoms. The second kappa shape index (κ2) is 8.35. The molecule has 0 saturated carbocycles. The fraction of sp³-hybridized carbons (Fsp3) is 0.450. The Morgan fingerprint density at radius 2 is 2.19 bits per heavy atom. The summed E-state index contributed by atoms with van der Waals surface area (Å²) in [5, 5.41) is 9.72. The van der Waals surface area contributed by atoms with E-state index in [4.69, 9.17) is 4.42 Å². The summed E-state index contributed by atoms with van der Waals surface area (Å²) < 4.78 is 7.39. The molecule has 3 heterocycles. The van der Waals surface area contributed by atoms with Gasteiger partial charge in [0.05, 0.1) is 37.3 Å². The van der Waals surface area contributed by atoms with Crippen LogP contribution < -0.4 is 0 Å². The summed E-state index contributed by atoms with van der Waals surface area (Å²) in [6, 6.07) is 5.07. The lowest BCUT2D eigenvalue weighted by Gasteiger charge is -2.29. The van der Waals surface area contributed by atoms with Gasteiger partial charge in [0.1, 0.15) is 11.3 Å². The maximum atomic E-state index is 13.2. The summed E-state index contributed by atoms with van der Waals surface area (Å²) in [6.07, 6.45) is 5.56. The summed E-state index contributed by atoms with van der Waals surface area (Å²) in [4.78, 5) is 23.7. The normalized spacial score (nSPS) is 12.6. The lowest BCUT2D eigenvalue weighted by molar-refractivity contribution is 0.0544. The molecule has 0 aliphatic rings. The summed E-state index contributed by atoms with van der Waals surface area (Å²) in [5.41, 5.74) is 1.92. The van der Waals surface area contributed by atoms with Crippen LogP contribution in [-0.2, 0) is 13.1 Å². The molecule has 0 spiro atoms. The lowest BCUT2D eigenvalue weighted by atomic mass is 10.1. The first-order chi connectivity index (χ1) is 13.0. The Hall–Kier alpha value is -2.67. The van der Waals surface area contributed by atoms with Crippen molar-refractivity contribution in [3.8, 4) is 0 Å². The molecule has 0 aromatic carbocycles. The zero-order valence-electron chi connectivity index (χ0n) is 16.0. The second-order valence-electron chi connectivity index (χ2n) is 7.11. The molecule has 3 rings (SSSR count). The minimum absolute atomic E-state index is 0.109. The van der Waals surface area contributed by atoms with Crippen LogP contribution in [0.5, 0.6) is 0 Å². The number of aliphatic hydroxyl groups excluding tert-OH is 1. The monoisotopic (exact) mass is 370 g/mol. The predicted octanol–water partition coefficient (Wildman–Crippen LogP) is 3.09. The van der Waals surface area contributed by atoms with Crippen molar-refractivity contribution >= 4 is 17.1 Å². The Balaban J connectivity index is 1.90. The van der Waals surface area contributed by atoms with Crippen molar-refractivity contribution in [2.45, 2.75) is 46.3 Å². The van der Waals surface area contributed by atoms with Crippen molar-refractivity contribution in [1.82, 2.24) is 19.4 Å². The summed E-state index contributed by atoms with van der Waals surface area (Å²) in [6.45, 7) is 7.22. The highest BCUT2D eigenvalue weighted by Gasteiger charge is 2.25. The number of aliphatic hydroxyl groups is 1. The fourth-order valence-corrected chi connectivity index (χ4v) is 3.14. The number of carbonyl (C=O) groups is 1. The molecular weight excluding hydrogens is 344 g/mol. The zero-order chi connectivity index (χ0) is 19.4. The molecule has 27 heavy (non-hydrogen) atoms. The molecule has 0 radical (unpaired) electrons. The van der Waals surface area contributed by atoms with Gasteiger partial charge in [-0.25, -0.2) is 9.97 Å². The van der Waals surface area contributed by atoms with Gasteiger partial charge in [-0.05, 0) is 30.5 Å². The van der Waals surface area contributed by atoms with Gasteiger partial charge in [-0.2, -0.15) is 0 Å². The maximum Gasteiger partial charge on any atom is 0.256 e. The Morgan fingerprint density at radius 3 is 2.81 bits per heavy atom. The molecule has 0 fully saturated rings. The molecule has 3 aromatic rings. The number of aromatic nitrogens is 3. The molecule has 3 aromatic heterocycles. The van der Waals surface area contributed by atoms with Gasteiger partial charge in [0.15, 0.2) is 5.65 Å². The van der Waals surface area contributed by atoms with E-state index < -0.39 is 0 Å². The van der Waals surface area contributed by atoms with E-state index in [0.717, 1.165) is 12.2 Å². The Morgan fingerprint density at radius 1 is 1.37 bits per heavy atom. The first-order valence-corrected chi connectivity index (χ1v) is 9.28. The number of furan rings is 1. The zero-order valence-corrected chi connectivity index (χ0v) is 16.0. The average molecular weight is 370 g/mol. The number of fused-ring (bicyclic) bond motifs is 1. The van der Waals surface area contributed by atoms with Crippen LogP contribution in [0.25, 0.3) is 11.2 Å². The molecule has 0 aliphatic carbocycles. The van der Waals surface area contributed by atoms with Gasteiger partial charge in [0, 0.05) is 12.7 Å². The van der Waals surface area contributed by atoms with Gasteiger partial charge in [-0.15, -0.1) is 0 Å². The van der Waals surface area contributed by atoms with Gasteiger partial charge >= 0.3 is 0 Å². The summed E-state index contributed by atoms with van der Waals surface area (Å²) in [5.74, 6) is 0.953. The second-order valence-corrected chi connectivity index (χ2v) is 7.11. The Labute approximate surface area is 158 Å². The van der Waals surface area contributed by atoms with Crippen LogP contribution >= 0.6 is 0 Å². The third-order valence-electron chi connectivity index (χ3n) is 4.55. The van der Waals surface area contributed by atoms with E-state index in [-0.39, 0.29) is 18.6 Å². The molecule has 1 unspecified atom stereocenters. The largest absolute Gasteiger partial charge is 0.467 e. The van der Waals surface area contributed by atoms with Crippen molar-refractivity contribution in [3.63, 3.8) is 0 Å². The van der Waals surface area contributed by atoms with E-state index in [1.54, 1.807) is 35.8 Å². The number of nitrogens with zero attached hydrogens (tertiary/aromatic N) is 4. The highest BCUT2D eigenvalue weighted by Crippen LogP contribution is 2.19. The van der Waals surface area contributed by atoms with Crippen LogP contribution in [-0.4, -0.2) is 43.1 Å². The molecule has 1 N–H and O–H groups in total. The van der Waals surface area contributed by atoms with Gasteiger partial charge in [-0.3, -0.25) is 4.79 Å². The van der Waals surface area contributed by atoms with Gasteiger partial charge in [0.2, 0.25) is 0 Å². The van der Waals surface area contributed by atoms with E-state index in [1.165, 1.54) is 0 Å². The van der Waals surface area contributed by atoms with Crippen molar-refractivity contribution < 1.29 is 14.3 Å². The number of carbonyl (C=O) groups excluding carboxylic acids is 1. The maximum absolute atomic E-state index is 13.2. The SMILES string of the molecule is CCC(CO)N(Cc1ccco1)C(=O)c1cnc2c(c1)ncn2CC(C)C. The van der Waals surface area contributed by atoms with Crippen LogP contribution in [0.15, 0.2) is 41.4 Å².